The van der Waals surface area contributed by atoms with Crippen molar-refractivity contribution in [1.29, 1.82) is 0 Å². The van der Waals surface area contributed by atoms with Crippen molar-refractivity contribution < 1.29 is 9.13 Å². The molecule has 0 bridgehead atoms. The third kappa shape index (κ3) is 4.52. The molecule has 0 saturated heterocycles. The second-order valence-electron chi connectivity index (χ2n) is 4.44. The average Bonchev–Trinajstić information content (AvgIpc) is 2.42. The van der Waals surface area contributed by atoms with Crippen molar-refractivity contribution in [3.05, 3.63) is 60.7 Å². The first kappa shape index (κ1) is 16.9. The molecule has 0 amide bonds. The van der Waals surface area contributed by atoms with Crippen molar-refractivity contribution in [2.75, 3.05) is 7.05 Å². The van der Waals surface area contributed by atoms with E-state index in [-0.39, 0.29) is 12.4 Å². The summed E-state index contributed by atoms with van der Waals surface area (Å²) in [6.07, 6.45) is 0. The minimum Gasteiger partial charge on any atom is -0.486 e. The molecule has 2 aromatic carbocycles. The van der Waals surface area contributed by atoms with E-state index in [9.17, 15) is 4.39 Å². The lowest BCUT2D eigenvalue weighted by atomic mass is 10.2. The van der Waals surface area contributed by atoms with Gasteiger partial charge in [-0.1, -0.05) is 15.9 Å². The van der Waals surface area contributed by atoms with E-state index < -0.39 is 0 Å². The number of rotatable bonds is 5. The van der Waals surface area contributed by atoms with Crippen LogP contribution in [-0.4, -0.2) is 7.05 Å². The van der Waals surface area contributed by atoms with Gasteiger partial charge in [0.15, 0.2) is 0 Å². The fourth-order valence-corrected chi connectivity index (χ4v) is 3.78. The highest BCUT2D eigenvalue weighted by Gasteiger charge is 2.11. The summed E-state index contributed by atoms with van der Waals surface area (Å²) >= 11 is 10.3. The fraction of sp³-hybridized carbons (Fsp3) is 0.200. The van der Waals surface area contributed by atoms with Crippen molar-refractivity contribution in [2.24, 2.45) is 0 Å². The maximum absolute atomic E-state index is 13.7. The van der Waals surface area contributed by atoms with Crippen molar-refractivity contribution >= 4 is 47.8 Å². The van der Waals surface area contributed by atoms with Crippen molar-refractivity contribution in [2.45, 2.75) is 13.2 Å². The Kier molecular flexibility index (Phi) is 6.22. The van der Waals surface area contributed by atoms with E-state index in [4.69, 9.17) is 4.74 Å². The van der Waals surface area contributed by atoms with E-state index in [1.165, 1.54) is 6.07 Å². The second kappa shape index (κ2) is 7.72. The van der Waals surface area contributed by atoms with Gasteiger partial charge in [-0.2, -0.15) is 0 Å². The van der Waals surface area contributed by atoms with Gasteiger partial charge in [0, 0.05) is 16.6 Å². The minimum absolute atomic E-state index is 0.161. The quantitative estimate of drug-likeness (QED) is 0.616. The Morgan fingerprint density at radius 2 is 1.76 bits per heavy atom. The van der Waals surface area contributed by atoms with Crippen LogP contribution in [0.5, 0.6) is 5.75 Å². The summed E-state index contributed by atoms with van der Waals surface area (Å²) in [6.45, 7) is 0.922. The first-order valence-electron chi connectivity index (χ1n) is 6.20. The van der Waals surface area contributed by atoms with Gasteiger partial charge in [-0.15, -0.1) is 0 Å². The molecule has 21 heavy (non-hydrogen) atoms. The molecule has 0 spiro atoms. The summed E-state index contributed by atoms with van der Waals surface area (Å²) in [5.74, 6) is 0.381. The zero-order valence-electron chi connectivity index (χ0n) is 11.2. The predicted octanol–water partition coefficient (Wildman–Crippen LogP) is 5.41. The first-order valence-corrected chi connectivity index (χ1v) is 8.58. The fourth-order valence-electron chi connectivity index (χ4n) is 1.86. The molecule has 0 aromatic heterocycles. The highest BCUT2D eigenvalue weighted by Crippen LogP contribution is 2.35. The number of ether oxygens (including phenoxy) is 1. The van der Waals surface area contributed by atoms with Crippen LogP contribution in [0.15, 0.2) is 43.7 Å². The molecule has 2 aromatic rings. The van der Waals surface area contributed by atoms with Crippen LogP contribution in [0.2, 0.25) is 0 Å². The van der Waals surface area contributed by atoms with E-state index in [2.05, 4.69) is 53.1 Å². The number of benzene rings is 2. The molecule has 0 radical (unpaired) electrons. The number of hydrogen-bond donors (Lipinski definition) is 1. The van der Waals surface area contributed by atoms with E-state index in [1.807, 2.05) is 19.2 Å². The lowest BCUT2D eigenvalue weighted by Gasteiger charge is -2.13. The summed E-state index contributed by atoms with van der Waals surface area (Å²) in [7, 11) is 1.89. The Morgan fingerprint density at radius 3 is 2.38 bits per heavy atom. The van der Waals surface area contributed by atoms with Crippen LogP contribution in [0.1, 0.15) is 11.1 Å². The van der Waals surface area contributed by atoms with Crippen LogP contribution in [0.4, 0.5) is 4.39 Å². The number of hydrogen-bond acceptors (Lipinski definition) is 2. The van der Waals surface area contributed by atoms with E-state index in [0.29, 0.717) is 11.3 Å². The molecule has 2 rings (SSSR count). The maximum atomic E-state index is 13.7. The SMILES string of the molecule is CNCc1cc(Br)c(OCc2cc(Br)ccc2F)c(Br)c1. The Morgan fingerprint density at radius 1 is 1.10 bits per heavy atom. The molecule has 112 valence electrons. The van der Waals surface area contributed by atoms with Gasteiger partial charge in [0.1, 0.15) is 18.2 Å². The highest BCUT2D eigenvalue weighted by atomic mass is 79.9. The molecule has 0 saturated carbocycles. The third-order valence-electron chi connectivity index (χ3n) is 2.82. The van der Waals surface area contributed by atoms with Gasteiger partial charge in [0.25, 0.3) is 0 Å². The molecule has 0 aliphatic carbocycles. The second-order valence-corrected chi connectivity index (χ2v) is 7.07. The van der Waals surface area contributed by atoms with E-state index in [1.54, 1.807) is 12.1 Å². The summed E-state index contributed by atoms with van der Waals surface area (Å²) in [4.78, 5) is 0. The largest absolute Gasteiger partial charge is 0.486 e. The first-order chi connectivity index (χ1) is 10.0. The molecule has 1 N–H and O–H groups in total. The minimum atomic E-state index is -0.280. The molecule has 0 aliphatic heterocycles. The zero-order chi connectivity index (χ0) is 15.4. The standard InChI is InChI=1S/C15H13Br3FNO/c1-20-7-9-4-12(17)15(13(18)5-9)21-8-10-6-11(16)2-3-14(10)19/h2-6,20H,7-8H2,1H3. The molecular formula is C15H13Br3FNO. The predicted molar refractivity (Wildman–Crippen MR) is 93.0 cm³/mol. The van der Waals surface area contributed by atoms with Gasteiger partial charge in [0.2, 0.25) is 0 Å². The van der Waals surface area contributed by atoms with Crippen LogP contribution >= 0.6 is 47.8 Å². The lowest BCUT2D eigenvalue weighted by Crippen LogP contribution is -2.06. The van der Waals surface area contributed by atoms with Gasteiger partial charge in [-0.05, 0) is 74.8 Å². The van der Waals surface area contributed by atoms with Gasteiger partial charge in [-0.3, -0.25) is 0 Å². The maximum Gasteiger partial charge on any atom is 0.148 e. The van der Waals surface area contributed by atoms with Gasteiger partial charge in [0.05, 0.1) is 8.95 Å². The van der Waals surface area contributed by atoms with E-state index in [0.717, 1.165) is 25.5 Å². The Balaban J connectivity index is 2.18. The van der Waals surface area contributed by atoms with E-state index >= 15 is 0 Å². The van der Waals surface area contributed by atoms with Gasteiger partial charge < -0.3 is 10.1 Å². The van der Waals surface area contributed by atoms with Crippen LogP contribution in [0.25, 0.3) is 0 Å². The van der Waals surface area contributed by atoms with Gasteiger partial charge >= 0.3 is 0 Å². The third-order valence-corrected chi connectivity index (χ3v) is 4.49. The normalized spacial score (nSPS) is 10.7. The number of nitrogens with one attached hydrogen (secondary N) is 1. The van der Waals surface area contributed by atoms with Crippen molar-refractivity contribution in [1.82, 2.24) is 5.32 Å². The molecule has 0 fully saturated rings. The summed E-state index contributed by atoms with van der Waals surface area (Å²) < 4.78 is 21.9. The summed E-state index contributed by atoms with van der Waals surface area (Å²) in [5.41, 5.74) is 1.62. The molecule has 6 heteroatoms. The Labute approximate surface area is 148 Å². The monoisotopic (exact) mass is 479 g/mol. The van der Waals surface area contributed by atoms with Crippen LogP contribution < -0.4 is 10.1 Å². The van der Waals surface area contributed by atoms with Crippen LogP contribution in [-0.2, 0) is 13.2 Å². The van der Waals surface area contributed by atoms with Crippen LogP contribution in [0.3, 0.4) is 0 Å². The average molecular weight is 482 g/mol. The lowest BCUT2D eigenvalue weighted by molar-refractivity contribution is 0.296. The van der Waals surface area contributed by atoms with Crippen molar-refractivity contribution in [3.63, 3.8) is 0 Å². The number of halogens is 4. The molecule has 0 aliphatic rings. The molecular weight excluding hydrogens is 469 g/mol. The summed E-state index contributed by atoms with van der Waals surface area (Å²) in [6, 6.07) is 8.76. The Bertz CT molecular complexity index is 626. The summed E-state index contributed by atoms with van der Waals surface area (Å²) in [5, 5.41) is 3.09. The molecule has 0 unspecified atom stereocenters. The zero-order valence-corrected chi connectivity index (χ0v) is 16.0. The van der Waals surface area contributed by atoms with Crippen molar-refractivity contribution in [3.8, 4) is 5.75 Å². The van der Waals surface area contributed by atoms with Gasteiger partial charge in [-0.25, -0.2) is 4.39 Å². The topological polar surface area (TPSA) is 21.3 Å². The smallest absolute Gasteiger partial charge is 0.148 e. The Hall–Kier alpha value is -0.430. The molecule has 2 nitrogen and oxygen atoms in total. The molecule has 0 atom stereocenters. The highest BCUT2D eigenvalue weighted by molar-refractivity contribution is 9.11. The molecule has 0 heterocycles. The van der Waals surface area contributed by atoms with Crippen LogP contribution in [0, 0.1) is 5.82 Å².